The minimum atomic E-state index is -4.55. The van der Waals surface area contributed by atoms with Crippen LogP contribution in [0.25, 0.3) is 22.2 Å². The SMILES string of the molecule is CN(CCOC(=O)Nc1ncnc2c1ncn2[C@@H]1O[C@@H]2COP(O)(=S)O[C@H]3C(n4cc(F)c5c(=O)[nH]cnc54)OC(COP(=O)(S)O[C@H]2[C@H]1F)[C@H]3O)C(=O)OC(C)(C)C. The van der Waals surface area contributed by atoms with E-state index in [0.29, 0.717) is 0 Å². The molecular formula is C30H37F2N9O14P2S2. The number of rotatable bonds is 6. The van der Waals surface area contributed by atoms with Crippen LogP contribution in [0.2, 0.25) is 0 Å². The quantitative estimate of drug-likeness (QED) is 0.137. The maximum Gasteiger partial charge on any atom is 0.412 e. The Hall–Kier alpha value is -3.72. The number of aliphatic hydroxyl groups is 1. The highest BCUT2D eigenvalue weighted by Gasteiger charge is 2.53. The first-order valence-electron chi connectivity index (χ1n) is 17.5. The van der Waals surface area contributed by atoms with Crippen molar-refractivity contribution in [2.45, 2.75) is 75.5 Å². The van der Waals surface area contributed by atoms with E-state index in [4.69, 9.17) is 48.8 Å². The molecule has 23 nitrogen and oxygen atoms in total. The summed E-state index contributed by atoms with van der Waals surface area (Å²) in [5, 5.41) is 13.2. The van der Waals surface area contributed by atoms with E-state index >= 15 is 4.39 Å². The number of carbonyl (C=O) groups excluding carboxylic acids is 2. The number of ether oxygens (including phenoxy) is 4. The zero-order valence-electron chi connectivity index (χ0n) is 31.2. The summed E-state index contributed by atoms with van der Waals surface area (Å²) < 4.78 is 91.6. The molecule has 322 valence electrons. The summed E-state index contributed by atoms with van der Waals surface area (Å²) in [5.41, 5.74) is -1.80. The summed E-state index contributed by atoms with van der Waals surface area (Å²) in [5.74, 6) is -1.12. The topological polar surface area (TPSA) is 275 Å². The number of aliphatic hydroxyl groups excluding tert-OH is 1. The second-order valence-electron chi connectivity index (χ2n) is 14.3. The maximum absolute atomic E-state index is 16.5. The lowest BCUT2D eigenvalue weighted by Crippen LogP contribution is -2.36. The molecule has 0 spiro atoms. The molecule has 0 radical (unpaired) electrons. The van der Waals surface area contributed by atoms with Crippen LogP contribution in [0.4, 0.5) is 24.2 Å². The number of nitrogens with zero attached hydrogens (tertiary/aromatic N) is 7. The number of likely N-dealkylation sites (N-methyl/N-ethyl adjacent to an activating group) is 1. The van der Waals surface area contributed by atoms with Gasteiger partial charge in [-0.3, -0.25) is 28.2 Å². The van der Waals surface area contributed by atoms with Gasteiger partial charge in [-0.25, -0.2) is 42.9 Å². The Bertz CT molecular complexity index is 2400. The van der Waals surface area contributed by atoms with Gasteiger partial charge >= 0.3 is 25.7 Å². The number of hydrogen-bond donors (Lipinski definition) is 5. The molecule has 3 aliphatic rings. The van der Waals surface area contributed by atoms with E-state index in [-0.39, 0.29) is 35.8 Å². The Kier molecular flexibility index (Phi) is 12.2. The van der Waals surface area contributed by atoms with E-state index in [9.17, 15) is 33.3 Å². The molecule has 59 heavy (non-hydrogen) atoms. The number of anilines is 1. The molecule has 4 aromatic rings. The highest BCUT2D eigenvalue weighted by atomic mass is 32.7. The fourth-order valence-electron chi connectivity index (χ4n) is 6.29. The average molecular weight is 912 g/mol. The highest BCUT2D eigenvalue weighted by molar-refractivity contribution is 8.44. The van der Waals surface area contributed by atoms with Crippen molar-refractivity contribution >= 4 is 77.8 Å². The number of imidazole rings is 1. The molecule has 10 atom stereocenters. The molecule has 4 unspecified atom stereocenters. The third-order valence-corrected chi connectivity index (χ3v) is 12.1. The largest absolute Gasteiger partial charge is 0.447 e. The number of aromatic amines is 1. The molecule has 0 aliphatic carbocycles. The summed E-state index contributed by atoms with van der Waals surface area (Å²) in [7, 11) is 1.47. The summed E-state index contributed by atoms with van der Waals surface area (Å²) in [6.07, 6.45) is -10.8. The van der Waals surface area contributed by atoms with Gasteiger partial charge in [0.1, 0.15) is 54.4 Å². The Labute approximate surface area is 341 Å². The monoisotopic (exact) mass is 911 g/mol. The van der Waals surface area contributed by atoms with Crippen LogP contribution in [-0.2, 0) is 53.4 Å². The van der Waals surface area contributed by atoms with E-state index < -0.39 is 110 Å². The van der Waals surface area contributed by atoms with Crippen molar-refractivity contribution in [3.63, 3.8) is 0 Å². The van der Waals surface area contributed by atoms with Gasteiger partial charge in [0.15, 0.2) is 47.1 Å². The smallest absolute Gasteiger partial charge is 0.412 e. The average Bonchev–Trinajstić information content (AvgIpc) is 3.89. The number of fused-ring (bicyclic) bond motifs is 5. The number of aromatic nitrogens is 7. The molecule has 4 N–H and O–H groups in total. The standard InChI is InChI=1S/C30H37F2N9O14P2S2/c1-30(2,3)53-29(45)39(4)5-6-48-28(44)38-22-18-24(35-10-33-22)41(12-37-18)26-17(32)20-15(52-26)9-50-57(47,59)55-21-19(42)14(8-49-56(46,58)54-20)51-27(21)40-7-13(31)16-23(40)34-11-36-25(16)43/h7,10-12,14-15,17,19-21,26-27,42H,5-6,8-9H2,1-4H3,(H,46,58)(H,47,59)(H,34,36,43)(H,33,35,38,44)/t14?,15-,17-,19-,20-,21-,26-,27?,56?,57?/m1/s1. The third-order valence-electron chi connectivity index (χ3n) is 8.95. The second-order valence-corrected chi connectivity index (χ2v) is 19.9. The summed E-state index contributed by atoms with van der Waals surface area (Å²) in [6, 6.07) is 0. The molecule has 29 heteroatoms. The van der Waals surface area contributed by atoms with Crippen LogP contribution >= 0.6 is 25.8 Å². The first-order valence-corrected chi connectivity index (χ1v) is 22.7. The van der Waals surface area contributed by atoms with Gasteiger partial charge in [0, 0.05) is 13.2 Å². The number of nitrogens with one attached hydrogen (secondary N) is 2. The van der Waals surface area contributed by atoms with Gasteiger partial charge < -0.3 is 47.9 Å². The van der Waals surface area contributed by atoms with E-state index in [1.54, 1.807) is 20.8 Å². The van der Waals surface area contributed by atoms with Crippen LogP contribution in [0.1, 0.15) is 33.2 Å². The van der Waals surface area contributed by atoms with Crippen molar-refractivity contribution < 1.29 is 70.0 Å². The van der Waals surface area contributed by atoms with Crippen LogP contribution in [0.3, 0.4) is 0 Å². The van der Waals surface area contributed by atoms with Crippen molar-refractivity contribution in [3.8, 4) is 0 Å². The van der Waals surface area contributed by atoms with Gasteiger partial charge in [-0.2, -0.15) is 0 Å². The number of hydrogen-bond acceptors (Lipinski definition) is 18. The summed E-state index contributed by atoms with van der Waals surface area (Å²) in [4.78, 5) is 68.2. The van der Waals surface area contributed by atoms with Gasteiger partial charge in [0.2, 0.25) is 0 Å². The Morgan fingerprint density at radius 2 is 1.83 bits per heavy atom. The molecule has 3 saturated heterocycles. The Morgan fingerprint density at radius 3 is 2.58 bits per heavy atom. The summed E-state index contributed by atoms with van der Waals surface area (Å²) >= 11 is 9.24. The van der Waals surface area contributed by atoms with E-state index in [2.05, 4.69) is 42.5 Å². The predicted octanol–water partition coefficient (Wildman–Crippen LogP) is 2.68. The fourth-order valence-corrected chi connectivity index (χ4v) is 9.18. The van der Waals surface area contributed by atoms with E-state index in [1.807, 2.05) is 0 Å². The van der Waals surface area contributed by atoms with Crippen LogP contribution in [0, 0.1) is 5.82 Å². The minimum Gasteiger partial charge on any atom is -0.447 e. The first kappa shape index (κ1) is 43.4. The van der Waals surface area contributed by atoms with Crippen molar-refractivity contribution in [2.24, 2.45) is 0 Å². The minimum absolute atomic E-state index is 0.00719. The zero-order valence-corrected chi connectivity index (χ0v) is 34.7. The van der Waals surface area contributed by atoms with Crippen LogP contribution in [0.15, 0.2) is 30.0 Å². The fraction of sp³-hybridized carbons (Fsp3) is 0.567. The lowest BCUT2D eigenvalue weighted by Gasteiger charge is -2.27. The first-order chi connectivity index (χ1) is 27.7. The number of alkyl halides is 1. The van der Waals surface area contributed by atoms with Crippen molar-refractivity contribution in [3.05, 3.63) is 41.3 Å². The van der Waals surface area contributed by atoms with E-state index in [1.165, 1.54) is 11.9 Å². The molecule has 4 aromatic heterocycles. The lowest BCUT2D eigenvalue weighted by atomic mass is 10.1. The van der Waals surface area contributed by atoms with Crippen LogP contribution in [-0.4, -0.2) is 137 Å². The second kappa shape index (κ2) is 16.6. The molecule has 7 rings (SSSR count). The molecule has 2 bridgehead atoms. The van der Waals surface area contributed by atoms with Gasteiger partial charge in [0.25, 0.3) is 5.56 Å². The normalized spacial score (nSPS) is 31.5. The van der Waals surface area contributed by atoms with Crippen molar-refractivity contribution in [2.75, 3.05) is 38.7 Å². The molecule has 2 amide bonds. The molecule has 3 fully saturated rings. The number of thiol groups is 1. The molecule has 3 aliphatic heterocycles. The number of H-pyrrole nitrogens is 1. The van der Waals surface area contributed by atoms with Gasteiger partial charge in [-0.15, -0.1) is 0 Å². The lowest BCUT2D eigenvalue weighted by molar-refractivity contribution is -0.0586. The van der Waals surface area contributed by atoms with Crippen molar-refractivity contribution in [1.29, 1.82) is 0 Å². The number of halogens is 2. The predicted molar refractivity (Wildman–Crippen MR) is 203 cm³/mol. The van der Waals surface area contributed by atoms with Crippen molar-refractivity contribution in [1.82, 2.24) is 39.0 Å². The van der Waals surface area contributed by atoms with Crippen LogP contribution < -0.4 is 10.9 Å². The van der Waals surface area contributed by atoms with Crippen LogP contribution in [0.5, 0.6) is 0 Å². The molecule has 0 saturated carbocycles. The third kappa shape index (κ3) is 9.30. The van der Waals surface area contributed by atoms with Gasteiger partial charge in [-0.1, -0.05) is 12.2 Å². The molecule has 0 aromatic carbocycles. The Balaban J connectivity index is 1.08. The highest BCUT2D eigenvalue weighted by Crippen LogP contribution is 2.58. The van der Waals surface area contributed by atoms with Gasteiger partial charge in [-0.05, 0) is 32.6 Å². The summed E-state index contributed by atoms with van der Waals surface area (Å²) in [6.45, 7) is -5.52. The zero-order chi connectivity index (χ0) is 42.6. The number of carbonyl (C=O) groups is 2. The molecule has 7 heterocycles. The maximum atomic E-state index is 16.5. The van der Waals surface area contributed by atoms with E-state index in [0.717, 1.165) is 34.3 Å². The van der Waals surface area contributed by atoms with Gasteiger partial charge in [0.05, 0.1) is 32.4 Å². The Morgan fingerprint density at radius 1 is 1.10 bits per heavy atom. The molecular weight excluding hydrogens is 874 g/mol. The number of amides is 2.